The monoisotopic (exact) mass is 387 g/mol. The normalized spacial score (nSPS) is 12.6. The van der Waals surface area contributed by atoms with Crippen LogP contribution >= 0.6 is 0 Å². The van der Waals surface area contributed by atoms with Gasteiger partial charge in [0.2, 0.25) is 0 Å². The summed E-state index contributed by atoms with van der Waals surface area (Å²) >= 11 is 0. The Bertz CT molecular complexity index is 1340. The van der Waals surface area contributed by atoms with Crippen LogP contribution in [0.1, 0.15) is 0 Å². The van der Waals surface area contributed by atoms with Crippen molar-refractivity contribution in [2.75, 3.05) is 5.73 Å². The molecule has 3 nitrogen and oxygen atoms in total. The standard InChI is InChI=1S/C26H18BNO2/c28-20-9-5-8-19(16-20)27-29-23-14-12-17-6-1-3-10-21(17)25(23)26-22-11-4-2-7-18(22)13-15-24(26)30-27/h1-16H,28H2. The summed E-state index contributed by atoms with van der Waals surface area (Å²) in [4.78, 5) is 0. The Morgan fingerprint density at radius 3 is 1.70 bits per heavy atom. The third-order valence-corrected chi connectivity index (χ3v) is 5.68. The molecule has 1 aliphatic rings. The van der Waals surface area contributed by atoms with Gasteiger partial charge in [0.1, 0.15) is 11.5 Å². The van der Waals surface area contributed by atoms with Crippen molar-refractivity contribution in [3.8, 4) is 22.6 Å². The molecular weight excluding hydrogens is 369 g/mol. The van der Waals surface area contributed by atoms with E-state index < -0.39 is 7.12 Å². The molecule has 0 amide bonds. The van der Waals surface area contributed by atoms with Crippen LogP contribution < -0.4 is 20.5 Å². The second kappa shape index (κ2) is 6.56. The van der Waals surface area contributed by atoms with Gasteiger partial charge in [-0.3, -0.25) is 0 Å². The van der Waals surface area contributed by atoms with Crippen LogP contribution in [0.5, 0.6) is 11.5 Å². The Kier molecular flexibility index (Phi) is 3.72. The second-order valence-corrected chi connectivity index (χ2v) is 7.56. The summed E-state index contributed by atoms with van der Waals surface area (Å²) in [7, 11) is -0.587. The van der Waals surface area contributed by atoms with E-state index in [1.807, 2.05) is 36.4 Å². The Morgan fingerprint density at radius 1 is 0.567 bits per heavy atom. The molecule has 0 aromatic heterocycles. The maximum atomic E-state index is 6.46. The topological polar surface area (TPSA) is 44.5 Å². The molecule has 0 fully saturated rings. The van der Waals surface area contributed by atoms with Crippen LogP contribution in [0, 0.1) is 0 Å². The molecule has 0 saturated heterocycles. The van der Waals surface area contributed by atoms with Gasteiger partial charge in [0.15, 0.2) is 0 Å². The summed E-state index contributed by atoms with van der Waals surface area (Å²) in [5, 5.41) is 4.62. The van der Waals surface area contributed by atoms with E-state index in [1.54, 1.807) is 0 Å². The first-order valence-corrected chi connectivity index (χ1v) is 10.0. The van der Waals surface area contributed by atoms with Crippen molar-refractivity contribution in [3.63, 3.8) is 0 Å². The van der Waals surface area contributed by atoms with Gasteiger partial charge in [0.25, 0.3) is 0 Å². The number of anilines is 1. The first kappa shape index (κ1) is 17.0. The largest absolute Gasteiger partial charge is 0.632 e. The smallest absolute Gasteiger partial charge is 0.521 e. The average Bonchev–Trinajstić information content (AvgIpc) is 2.96. The van der Waals surface area contributed by atoms with E-state index in [1.165, 1.54) is 10.8 Å². The molecule has 5 aromatic rings. The Labute approximate surface area is 174 Å². The highest BCUT2D eigenvalue weighted by Crippen LogP contribution is 2.47. The quantitative estimate of drug-likeness (QED) is 0.309. The van der Waals surface area contributed by atoms with Gasteiger partial charge in [-0.05, 0) is 45.8 Å². The number of rotatable bonds is 1. The van der Waals surface area contributed by atoms with Gasteiger partial charge in [-0.1, -0.05) is 72.8 Å². The highest BCUT2D eigenvalue weighted by Gasteiger charge is 2.33. The first-order chi connectivity index (χ1) is 14.8. The molecule has 5 aromatic carbocycles. The lowest BCUT2D eigenvalue weighted by molar-refractivity contribution is 0.448. The number of nitrogen functional groups attached to an aromatic ring is 1. The van der Waals surface area contributed by atoms with Gasteiger partial charge >= 0.3 is 7.12 Å². The van der Waals surface area contributed by atoms with Crippen LogP contribution in [0.3, 0.4) is 0 Å². The zero-order chi connectivity index (χ0) is 20.1. The van der Waals surface area contributed by atoms with Crippen molar-refractivity contribution < 1.29 is 9.31 Å². The number of hydrogen-bond acceptors (Lipinski definition) is 3. The van der Waals surface area contributed by atoms with Gasteiger partial charge < -0.3 is 15.0 Å². The lowest BCUT2D eigenvalue weighted by atomic mass is 9.78. The van der Waals surface area contributed by atoms with E-state index in [4.69, 9.17) is 15.0 Å². The maximum absolute atomic E-state index is 6.46. The molecule has 0 saturated carbocycles. The van der Waals surface area contributed by atoms with Crippen molar-refractivity contribution in [2.24, 2.45) is 0 Å². The summed E-state index contributed by atoms with van der Waals surface area (Å²) in [6.45, 7) is 0. The SMILES string of the molecule is Nc1cccc(B2Oc3ccc4ccccc4c3-c3c(ccc4ccccc34)O2)c1. The van der Waals surface area contributed by atoms with E-state index in [0.717, 1.165) is 38.9 Å². The van der Waals surface area contributed by atoms with Crippen LogP contribution in [-0.4, -0.2) is 7.12 Å². The molecule has 2 N–H and O–H groups in total. The summed E-state index contributed by atoms with van der Waals surface area (Å²) in [5.74, 6) is 1.60. The third-order valence-electron chi connectivity index (χ3n) is 5.68. The first-order valence-electron chi connectivity index (χ1n) is 10.0. The predicted octanol–water partition coefficient (Wildman–Crippen LogP) is 5.41. The van der Waals surface area contributed by atoms with Gasteiger partial charge in [0.05, 0.1) is 0 Å². The Morgan fingerprint density at radius 2 is 1.13 bits per heavy atom. The van der Waals surface area contributed by atoms with E-state index in [2.05, 4.69) is 60.7 Å². The fraction of sp³-hybridized carbons (Fsp3) is 0. The lowest BCUT2D eigenvalue weighted by Gasteiger charge is -2.15. The van der Waals surface area contributed by atoms with Crippen molar-refractivity contribution >= 4 is 39.8 Å². The van der Waals surface area contributed by atoms with Crippen molar-refractivity contribution in [2.45, 2.75) is 0 Å². The summed E-state index contributed by atoms with van der Waals surface area (Å²) in [6, 6.07) is 32.7. The zero-order valence-electron chi connectivity index (χ0n) is 16.2. The van der Waals surface area contributed by atoms with Crippen molar-refractivity contribution in [3.05, 3.63) is 97.1 Å². The summed E-state index contributed by atoms with van der Waals surface area (Å²) in [5.41, 5.74) is 9.72. The minimum Gasteiger partial charge on any atom is -0.521 e. The van der Waals surface area contributed by atoms with Crippen LogP contribution in [0.2, 0.25) is 0 Å². The van der Waals surface area contributed by atoms with Crippen molar-refractivity contribution in [1.82, 2.24) is 0 Å². The molecule has 0 unspecified atom stereocenters. The van der Waals surface area contributed by atoms with Crippen LogP contribution in [-0.2, 0) is 0 Å². The van der Waals surface area contributed by atoms with Crippen LogP contribution in [0.15, 0.2) is 97.1 Å². The Hall–Kier alpha value is -3.92. The second-order valence-electron chi connectivity index (χ2n) is 7.56. The van der Waals surface area contributed by atoms with Gasteiger partial charge in [-0.15, -0.1) is 0 Å². The number of fused-ring (bicyclic) bond motifs is 7. The van der Waals surface area contributed by atoms with E-state index in [0.29, 0.717) is 5.69 Å². The van der Waals surface area contributed by atoms with Crippen LogP contribution in [0.4, 0.5) is 5.69 Å². The molecule has 1 aliphatic heterocycles. The molecule has 0 bridgehead atoms. The van der Waals surface area contributed by atoms with E-state index >= 15 is 0 Å². The fourth-order valence-electron chi connectivity index (χ4n) is 4.31. The third kappa shape index (κ3) is 2.61. The number of nitrogens with two attached hydrogens (primary N) is 1. The molecule has 30 heavy (non-hydrogen) atoms. The van der Waals surface area contributed by atoms with Gasteiger partial charge in [-0.2, -0.15) is 0 Å². The maximum Gasteiger partial charge on any atom is 0.632 e. The van der Waals surface area contributed by atoms with Gasteiger partial charge in [0, 0.05) is 22.3 Å². The number of benzene rings is 5. The Balaban J connectivity index is 1.70. The van der Waals surface area contributed by atoms with E-state index in [-0.39, 0.29) is 0 Å². The average molecular weight is 387 g/mol. The van der Waals surface area contributed by atoms with Crippen molar-refractivity contribution in [1.29, 1.82) is 0 Å². The van der Waals surface area contributed by atoms with Crippen LogP contribution in [0.25, 0.3) is 32.7 Å². The zero-order valence-corrected chi connectivity index (χ0v) is 16.2. The molecule has 1 heterocycles. The predicted molar refractivity (Wildman–Crippen MR) is 124 cm³/mol. The molecular formula is C26H18BNO2. The molecule has 0 spiro atoms. The lowest BCUT2D eigenvalue weighted by Crippen LogP contribution is -2.42. The highest BCUT2D eigenvalue weighted by atomic mass is 16.6. The molecule has 142 valence electrons. The summed E-state index contributed by atoms with van der Waals surface area (Å²) in [6.07, 6.45) is 0. The highest BCUT2D eigenvalue weighted by molar-refractivity contribution is 6.63. The minimum absolute atomic E-state index is 0.587. The van der Waals surface area contributed by atoms with Gasteiger partial charge in [-0.25, -0.2) is 0 Å². The molecule has 0 atom stereocenters. The molecule has 0 radical (unpaired) electrons. The molecule has 4 heteroatoms. The van der Waals surface area contributed by atoms with E-state index in [9.17, 15) is 0 Å². The molecule has 6 rings (SSSR count). The fourth-order valence-corrected chi connectivity index (χ4v) is 4.31. The molecule has 0 aliphatic carbocycles. The number of hydrogen-bond donors (Lipinski definition) is 1. The summed E-state index contributed by atoms with van der Waals surface area (Å²) < 4.78 is 12.9. The minimum atomic E-state index is -0.587.